The quantitative estimate of drug-likeness (QED) is 0.668. The molecule has 1 N–H and O–H groups in total. The van der Waals surface area contributed by atoms with Crippen LogP contribution in [0.5, 0.6) is 5.75 Å². The van der Waals surface area contributed by atoms with Crippen LogP contribution in [0.3, 0.4) is 0 Å². The summed E-state index contributed by atoms with van der Waals surface area (Å²) in [5, 5.41) is 10.1. The normalized spacial score (nSPS) is 21.8. The van der Waals surface area contributed by atoms with Crippen LogP contribution in [0.2, 0.25) is 0 Å². The Balaban J connectivity index is 2.45. The van der Waals surface area contributed by atoms with Crippen molar-refractivity contribution in [2.24, 2.45) is 0 Å². The van der Waals surface area contributed by atoms with Crippen molar-refractivity contribution in [3.8, 4) is 5.75 Å². The SMILES string of the molecule is COC1=C(C=CC=O)C=CC(OC)(c2ccccc2O)C1. The molecule has 0 heterocycles. The summed E-state index contributed by atoms with van der Waals surface area (Å²) >= 11 is 0. The lowest BCUT2D eigenvalue weighted by atomic mass is 9.83. The van der Waals surface area contributed by atoms with Gasteiger partial charge in [-0.25, -0.2) is 0 Å². The van der Waals surface area contributed by atoms with E-state index in [1.165, 1.54) is 6.08 Å². The van der Waals surface area contributed by atoms with Gasteiger partial charge in [-0.1, -0.05) is 24.3 Å². The fraction of sp³-hybridized carbons (Fsp3) is 0.235. The highest BCUT2D eigenvalue weighted by molar-refractivity contribution is 5.66. The predicted octanol–water partition coefficient (Wildman–Crippen LogP) is 2.85. The number of aromatic hydroxyl groups is 1. The number of ether oxygens (including phenoxy) is 2. The second-order valence-electron chi connectivity index (χ2n) is 4.70. The zero-order valence-electron chi connectivity index (χ0n) is 12.1. The van der Waals surface area contributed by atoms with Crippen molar-refractivity contribution in [3.63, 3.8) is 0 Å². The van der Waals surface area contributed by atoms with E-state index in [1.807, 2.05) is 24.3 Å². The number of carbonyl (C=O) groups is 1. The van der Waals surface area contributed by atoms with Gasteiger partial charge in [0.05, 0.1) is 7.11 Å². The van der Waals surface area contributed by atoms with Gasteiger partial charge in [0, 0.05) is 24.7 Å². The van der Waals surface area contributed by atoms with Crippen LogP contribution in [0.1, 0.15) is 12.0 Å². The molecule has 1 unspecified atom stereocenters. The summed E-state index contributed by atoms with van der Waals surface area (Å²) in [5.74, 6) is 0.868. The van der Waals surface area contributed by atoms with Crippen LogP contribution < -0.4 is 0 Å². The third-order valence-electron chi connectivity index (χ3n) is 3.60. The van der Waals surface area contributed by atoms with E-state index in [2.05, 4.69) is 0 Å². The van der Waals surface area contributed by atoms with Crippen LogP contribution in [-0.4, -0.2) is 25.6 Å². The van der Waals surface area contributed by atoms with Crippen LogP contribution in [0, 0.1) is 0 Å². The molecular formula is C17H18O4. The van der Waals surface area contributed by atoms with Crippen LogP contribution in [-0.2, 0) is 19.9 Å². The van der Waals surface area contributed by atoms with Crippen molar-refractivity contribution in [3.05, 3.63) is 65.5 Å². The first-order valence-corrected chi connectivity index (χ1v) is 6.58. The number of carbonyl (C=O) groups excluding carboxylic acids is 1. The Labute approximate surface area is 124 Å². The van der Waals surface area contributed by atoms with Crippen molar-refractivity contribution >= 4 is 6.29 Å². The molecule has 0 bridgehead atoms. The summed E-state index contributed by atoms with van der Waals surface area (Å²) in [6.07, 6.45) is 7.96. The molecule has 0 fully saturated rings. The lowest BCUT2D eigenvalue weighted by Gasteiger charge is -2.34. The smallest absolute Gasteiger partial charge is 0.142 e. The number of phenols is 1. The van der Waals surface area contributed by atoms with Gasteiger partial charge in [0.2, 0.25) is 0 Å². The molecule has 2 rings (SSSR count). The maximum absolute atomic E-state index is 10.5. The number of benzene rings is 1. The first kappa shape index (κ1) is 15.1. The van der Waals surface area contributed by atoms with Gasteiger partial charge in [0.25, 0.3) is 0 Å². The van der Waals surface area contributed by atoms with Gasteiger partial charge in [-0.05, 0) is 24.3 Å². The van der Waals surface area contributed by atoms with E-state index in [-0.39, 0.29) is 5.75 Å². The highest BCUT2D eigenvalue weighted by Gasteiger charge is 2.36. The average molecular weight is 286 g/mol. The molecule has 0 radical (unpaired) electrons. The van der Waals surface area contributed by atoms with Crippen molar-refractivity contribution in [1.82, 2.24) is 0 Å². The Morgan fingerprint density at radius 1 is 1.29 bits per heavy atom. The number of para-hydroxylation sites is 1. The third kappa shape index (κ3) is 2.90. The fourth-order valence-electron chi connectivity index (χ4n) is 2.46. The zero-order valence-corrected chi connectivity index (χ0v) is 12.1. The van der Waals surface area contributed by atoms with Gasteiger partial charge < -0.3 is 14.6 Å². The summed E-state index contributed by atoms with van der Waals surface area (Å²) in [6, 6.07) is 7.06. The van der Waals surface area contributed by atoms with Gasteiger partial charge in [0.15, 0.2) is 0 Å². The van der Waals surface area contributed by atoms with Crippen LogP contribution in [0.25, 0.3) is 0 Å². The molecule has 1 atom stereocenters. The number of hydrogen-bond donors (Lipinski definition) is 1. The number of aldehydes is 1. The number of methoxy groups -OCH3 is 2. The first-order valence-electron chi connectivity index (χ1n) is 6.58. The number of rotatable bonds is 5. The largest absolute Gasteiger partial charge is 0.508 e. The summed E-state index contributed by atoms with van der Waals surface area (Å²) in [6.45, 7) is 0. The van der Waals surface area contributed by atoms with E-state index in [1.54, 1.807) is 32.4 Å². The molecule has 1 aromatic rings. The number of phenolic OH excluding ortho intramolecular Hbond substituents is 1. The maximum Gasteiger partial charge on any atom is 0.142 e. The van der Waals surface area contributed by atoms with Gasteiger partial charge in [-0.2, -0.15) is 0 Å². The summed E-state index contributed by atoms with van der Waals surface area (Å²) in [4.78, 5) is 10.5. The molecule has 110 valence electrons. The minimum Gasteiger partial charge on any atom is -0.508 e. The van der Waals surface area contributed by atoms with Crippen LogP contribution in [0.15, 0.2) is 59.9 Å². The molecule has 0 amide bonds. The van der Waals surface area contributed by atoms with Gasteiger partial charge >= 0.3 is 0 Å². The van der Waals surface area contributed by atoms with E-state index < -0.39 is 5.60 Å². The highest BCUT2D eigenvalue weighted by atomic mass is 16.5. The molecule has 4 nitrogen and oxygen atoms in total. The molecule has 0 spiro atoms. The summed E-state index contributed by atoms with van der Waals surface area (Å²) < 4.78 is 11.1. The average Bonchev–Trinajstić information content (AvgIpc) is 2.53. The Morgan fingerprint density at radius 2 is 2.05 bits per heavy atom. The lowest BCUT2D eigenvalue weighted by molar-refractivity contribution is -0.104. The standard InChI is InChI=1S/C17H18O4/c1-20-16-12-17(21-2,10-9-13(16)6-5-11-18)14-7-3-4-8-15(14)19/h3-11,19H,12H2,1-2H3. The molecule has 1 aliphatic carbocycles. The second-order valence-corrected chi connectivity index (χ2v) is 4.70. The molecule has 0 aliphatic heterocycles. The molecule has 1 aliphatic rings. The topological polar surface area (TPSA) is 55.8 Å². The van der Waals surface area contributed by atoms with Crippen molar-refractivity contribution in [2.75, 3.05) is 14.2 Å². The van der Waals surface area contributed by atoms with Gasteiger partial charge in [0.1, 0.15) is 23.4 Å². The van der Waals surface area contributed by atoms with E-state index in [4.69, 9.17) is 9.47 Å². The van der Waals surface area contributed by atoms with Crippen LogP contribution in [0.4, 0.5) is 0 Å². The highest BCUT2D eigenvalue weighted by Crippen LogP contribution is 2.42. The van der Waals surface area contributed by atoms with Gasteiger partial charge in [-0.3, -0.25) is 4.79 Å². The molecule has 4 heteroatoms. The summed E-state index contributed by atoms with van der Waals surface area (Å²) in [5.41, 5.74) is 0.708. The second kappa shape index (κ2) is 6.41. The van der Waals surface area contributed by atoms with E-state index in [0.29, 0.717) is 17.7 Å². The minimum absolute atomic E-state index is 0.173. The van der Waals surface area contributed by atoms with E-state index in [9.17, 15) is 9.90 Å². The Kier molecular flexibility index (Phi) is 4.60. The number of hydrogen-bond acceptors (Lipinski definition) is 4. The van der Waals surface area contributed by atoms with Crippen LogP contribution >= 0.6 is 0 Å². The summed E-state index contributed by atoms with van der Waals surface area (Å²) in [7, 11) is 3.17. The molecule has 0 aromatic heterocycles. The maximum atomic E-state index is 10.5. The molecule has 21 heavy (non-hydrogen) atoms. The van der Waals surface area contributed by atoms with E-state index >= 15 is 0 Å². The Hall–Kier alpha value is -2.33. The lowest BCUT2D eigenvalue weighted by Crippen LogP contribution is -2.29. The monoisotopic (exact) mass is 286 g/mol. The van der Waals surface area contributed by atoms with E-state index in [0.717, 1.165) is 11.9 Å². The Bertz CT molecular complexity index is 613. The molecular weight excluding hydrogens is 268 g/mol. The predicted molar refractivity (Wildman–Crippen MR) is 79.8 cm³/mol. The van der Waals surface area contributed by atoms with Crippen molar-refractivity contribution < 1.29 is 19.4 Å². The Morgan fingerprint density at radius 3 is 2.67 bits per heavy atom. The fourth-order valence-corrected chi connectivity index (χ4v) is 2.46. The zero-order chi connectivity index (χ0) is 15.3. The van der Waals surface area contributed by atoms with Crippen molar-refractivity contribution in [2.45, 2.75) is 12.0 Å². The molecule has 1 aromatic carbocycles. The third-order valence-corrected chi connectivity index (χ3v) is 3.60. The number of allylic oxidation sites excluding steroid dienone is 4. The minimum atomic E-state index is -0.783. The van der Waals surface area contributed by atoms with Gasteiger partial charge in [-0.15, -0.1) is 0 Å². The van der Waals surface area contributed by atoms with Crippen molar-refractivity contribution in [1.29, 1.82) is 0 Å². The molecule has 0 saturated heterocycles. The molecule has 0 saturated carbocycles. The first-order chi connectivity index (χ1) is 10.2.